The molecule has 144 valence electrons. The minimum Gasteiger partial charge on any atom is -0.324 e. The van der Waals surface area contributed by atoms with Gasteiger partial charge in [-0.15, -0.1) is 0 Å². The molecule has 2 aromatic heterocycles. The van der Waals surface area contributed by atoms with E-state index in [4.69, 9.17) is 0 Å². The first-order chi connectivity index (χ1) is 14.1. The number of aromatic nitrogens is 3. The van der Waals surface area contributed by atoms with Crippen molar-refractivity contribution in [3.8, 4) is 0 Å². The number of nitrogens with one attached hydrogen (secondary N) is 2. The van der Waals surface area contributed by atoms with E-state index in [9.17, 15) is 4.79 Å². The highest BCUT2D eigenvalue weighted by atomic mass is 16.1. The van der Waals surface area contributed by atoms with Gasteiger partial charge in [0.25, 0.3) is 5.91 Å². The topological polar surface area (TPSA) is 79.8 Å². The SMILES string of the molecule is CC(C)c1ccc(Nc2nccc(C(=O)Nc3cccc4cccnc34)n2)cc1. The number of carbonyl (C=O) groups excluding carboxylic acids is 1. The molecule has 0 fully saturated rings. The predicted molar refractivity (Wildman–Crippen MR) is 116 cm³/mol. The fourth-order valence-electron chi connectivity index (χ4n) is 3.02. The van der Waals surface area contributed by atoms with E-state index in [1.54, 1.807) is 18.5 Å². The van der Waals surface area contributed by atoms with Crippen LogP contribution in [-0.2, 0) is 0 Å². The molecule has 1 amide bonds. The summed E-state index contributed by atoms with van der Waals surface area (Å²) < 4.78 is 0. The second-order valence-electron chi connectivity index (χ2n) is 7.00. The molecular formula is C23H21N5O. The third-order valence-corrected chi connectivity index (χ3v) is 4.60. The zero-order valence-electron chi connectivity index (χ0n) is 16.3. The summed E-state index contributed by atoms with van der Waals surface area (Å²) in [5.74, 6) is 0.519. The Bertz CT molecular complexity index is 1150. The van der Waals surface area contributed by atoms with Crippen LogP contribution in [-0.4, -0.2) is 20.9 Å². The summed E-state index contributed by atoms with van der Waals surface area (Å²) >= 11 is 0. The molecule has 6 nitrogen and oxygen atoms in total. The molecule has 0 aliphatic rings. The van der Waals surface area contributed by atoms with E-state index in [1.807, 2.05) is 42.5 Å². The van der Waals surface area contributed by atoms with Gasteiger partial charge in [0.05, 0.1) is 11.2 Å². The second-order valence-corrected chi connectivity index (χ2v) is 7.00. The number of fused-ring (bicyclic) bond motifs is 1. The second kappa shape index (κ2) is 8.06. The molecule has 2 aromatic carbocycles. The van der Waals surface area contributed by atoms with E-state index in [1.165, 1.54) is 5.56 Å². The van der Waals surface area contributed by atoms with Gasteiger partial charge < -0.3 is 10.6 Å². The quantitative estimate of drug-likeness (QED) is 0.498. The first-order valence-electron chi connectivity index (χ1n) is 9.45. The van der Waals surface area contributed by atoms with Crippen LogP contribution in [0.1, 0.15) is 35.8 Å². The standard InChI is InChI=1S/C23H21N5O/c1-15(2)16-8-10-18(11-9-16)26-23-25-14-12-20(28-23)22(29)27-19-7-3-5-17-6-4-13-24-21(17)19/h3-15H,1-2H3,(H,27,29)(H,25,26,28). The van der Waals surface area contributed by atoms with Crippen molar-refractivity contribution in [2.45, 2.75) is 19.8 Å². The van der Waals surface area contributed by atoms with Crippen molar-refractivity contribution in [2.24, 2.45) is 0 Å². The third kappa shape index (κ3) is 4.21. The normalized spacial score (nSPS) is 10.9. The summed E-state index contributed by atoms with van der Waals surface area (Å²) in [4.78, 5) is 25.6. The molecule has 0 aliphatic carbocycles. The highest BCUT2D eigenvalue weighted by molar-refractivity contribution is 6.07. The van der Waals surface area contributed by atoms with Crippen molar-refractivity contribution in [1.29, 1.82) is 0 Å². The molecule has 4 rings (SSSR count). The molecular weight excluding hydrogens is 362 g/mol. The number of nitrogens with zero attached hydrogens (tertiary/aromatic N) is 3. The molecule has 6 heteroatoms. The minimum atomic E-state index is -0.316. The van der Waals surface area contributed by atoms with E-state index in [2.05, 4.69) is 51.6 Å². The number of para-hydroxylation sites is 1. The zero-order valence-corrected chi connectivity index (χ0v) is 16.3. The Balaban J connectivity index is 1.52. The van der Waals surface area contributed by atoms with Crippen molar-refractivity contribution in [3.05, 3.63) is 84.3 Å². The zero-order chi connectivity index (χ0) is 20.2. The van der Waals surface area contributed by atoms with Crippen LogP contribution < -0.4 is 10.6 Å². The van der Waals surface area contributed by atoms with Crippen molar-refractivity contribution >= 4 is 34.1 Å². The number of benzene rings is 2. The van der Waals surface area contributed by atoms with Gasteiger partial charge in [0.2, 0.25) is 5.95 Å². The highest BCUT2D eigenvalue weighted by Crippen LogP contribution is 2.22. The molecule has 0 atom stereocenters. The third-order valence-electron chi connectivity index (χ3n) is 4.60. The molecule has 0 saturated heterocycles. The lowest BCUT2D eigenvalue weighted by Crippen LogP contribution is -2.15. The number of hydrogen-bond donors (Lipinski definition) is 2. The maximum atomic E-state index is 12.7. The number of carbonyl (C=O) groups is 1. The Morgan fingerprint density at radius 3 is 2.48 bits per heavy atom. The van der Waals surface area contributed by atoms with Crippen LogP contribution in [0.2, 0.25) is 0 Å². The first kappa shape index (κ1) is 18.6. The van der Waals surface area contributed by atoms with E-state index >= 15 is 0 Å². The van der Waals surface area contributed by atoms with Crippen LogP contribution in [0.15, 0.2) is 73.1 Å². The lowest BCUT2D eigenvalue weighted by Gasteiger charge is -2.10. The Labute approximate surface area is 169 Å². The Kier molecular flexibility index (Phi) is 5.16. The van der Waals surface area contributed by atoms with E-state index < -0.39 is 0 Å². The van der Waals surface area contributed by atoms with Crippen LogP contribution >= 0.6 is 0 Å². The van der Waals surface area contributed by atoms with Gasteiger partial charge >= 0.3 is 0 Å². The fourth-order valence-corrected chi connectivity index (χ4v) is 3.02. The van der Waals surface area contributed by atoms with Gasteiger partial charge in [0.1, 0.15) is 5.69 Å². The largest absolute Gasteiger partial charge is 0.324 e. The summed E-state index contributed by atoms with van der Waals surface area (Å²) in [7, 11) is 0. The highest BCUT2D eigenvalue weighted by Gasteiger charge is 2.12. The monoisotopic (exact) mass is 383 g/mol. The minimum absolute atomic E-state index is 0.272. The van der Waals surface area contributed by atoms with Crippen molar-refractivity contribution in [2.75, 3.05) is 10.6 Å². The summed E-state index contributed by atoms with van der Waals surface area (Å²) in [6, 6.07) is 19.2. The summed E-state index contributed by atoms with van der Waals surface area (Å²) in [6.07, 6.45) is 3.27. The van der Waals surface area contributed by atoms with Crippen LogP contribution in [0.5, 0.6) is 0 Å². The predicted octanol–water partition coefficient (Wildman–Crippen LogP) is 5.14. The summed E-state index contributed by atoms with van der Waals surface area (Å²) in [6.45, 7) is 4.30. The maximum absolute atomic E-state index is 12.7. The number of anilines is 3. The van der Waals surface area contributed by atoms with Crippen LogP contribution in [0.4, 0.5) is 17.3 Å². The number of amides is 1. The van der Waals surface area contributed by atoms with Gasteiger partial charge in [-0.3, -0.25) is 9.78 Å². The smallest absolute Gasteiger partial charge is 0.274 e. The lowest BCUT2D eigenvalue weighted by atomic mass is 10.0. The fraction of sp³-hybridized carbons (Fsp3) is 0.130. The molecule has 29 heavy (non-hydrogen) atoms. The van der Waals surface area contributed by atoms with Crippen molar-refractivity contribution < 1.29 is 4.79 Å². The number of pyridine rings is 1. The summed E-state index contributed by atoms with van der Waals surface area (Å²) in [5.41, 5.74) is 3.78. The van der Waals surface area contributed by atoms with Gasteiger partial charge in [0.15, 0.2) is 0 Å². The number of rotatable bonds is 5. The Morgan fingerprint density at radius 2 is 1.69 bits per heavy atom. The summed E-state index contributed by atoms with van der Waals surface area (Å²) in [5, 5.41) is 7.00. The van der Waals surface area contributed by atoms with Gasteiger partial charge in [-0.2, -0.15) is 0 Å². The van der Waals surface area contributed by atoms with Gasteiger partial charge in [-0.25, -0.2) is 9.97 Å². The molecule has 0 radical (unpaired) electrons. The molecule has 0 unspecified atom stereocenters. The molecule has 2 heterocycles. The maximum Gasteiger partial charge on any atom is 0.274 e. The molecule has 0 spiro atoms. The van der Waals surface area contributed by atoms with Gasteiger partial charge in [-0.1, -0.05) is 44.2 Å². The lowest BCUT2D eigenvalue weighted by molar-refractivity contribution is 0.102. The Hall–Kier alpha value is -3.80. The van der Waals surface area contributed by atoms with E-state index in [0.29, 0.717) is 17.6 Å². The van der Waals surface area contributed by atoms with Crippen LogP contribution in [0, 0.1) is 0 Å². The van der Waals surface area contributed by atoms with Crippen molar-refractivity contribution in [3.63, 3.8) is 0 Å². The molecule has 0 aliphatic heterocycles. The number of hydrogen-bond acceptors (Lipinski definition) is 5. The average Bonchev–Trinajstić information content (AvgIpc) is 2.74. The Morgan fingerprint density at radius 1 is 0.897 bits per heavy atom. The molecule has 0 bridgehead atoms. The van der Waals surface area contributed by atoms with Crippen molar-refractivity contribution in [1.82, 2.24) is 15.0 Å². The van der Waals surface area contributed by atoms with E-state index in [-0.39, 0.29) is 11.6 Å². The molecule has 4 aromatic rings. The van der Waals surface area contributed by atoms with Crippen LogP contribution in [0.3, 0.4) is 0 Å². The molecule has 0 saturated carbocycles. The van der Waals surface area contributed by atoms with E-state index in [0.717, 1.165) is 16.6 Å². The van der Waals surface area contributed by atoms with Crippen LogP contribution in [0.25, 0.3) is 10.9 Å². The molecule has 2 N–H and O–H groups in total. The van der Waals surface area contributed by atoms with Gasteiger partial charge in [0, 0.05) is 23.5 Å². The average molecular weight is 383 g/mol. The van der Waals surface area contributed by atoms with Gasteiger partial charge in [-0.05, 0) is 41.8 Å². The first-order valence-corrected chi connectivity index (χ1v) is 9.45.